The van der Waals surface area contributed by atoms with E-state index in [-0.39, 0.29) is 5.41 Å². The van der Waals surface area contributed by atoms with Gasteiger partial charge in [-0.2, -0.15) is 0 Å². The molecule has 0 saturated carbocycles. The Morgan fingerprint density at radius 1 is 0.627 bits per heavy atom. The molecule has 0 N–H and O–H groups in total. The van der Waals surface area contributed by atoms with Crippen LogP contribution in [0.5, 0.6) is 0 Å². The van der Waals surface area contributed by atoms with E-state index in [1.807, 2.05) is 40.7 Å². The molecular weight excluding hydrogens is 809 g/mol. The van der Waals surface area contributed by atoms with Crippen molar-refractivity contribution in [2.75, 3.05) is 0 Å². The molecule has 1 aromatic heterocycles. The summed E-state index contributed by atoms with van der Waals surface area (Å²) in [6.45, 7) is 31.0. The standard InChI is InChI=1S/C33H28.C14H14O.C6H8.3C3H8.2C2H6/c1-33(27-16-6-3-7-17-27)30-20-9-8-18-29(30)32-28(19-11-21-31(32)33)26-15-10-14-25(23-26)22-24-12-4-2-5-13-24;1-4-6-11-12-8-7-10(3)9-14(12)15-13(11)5-2;1-2-4-6-5-3-1;3*1-3-2;2*1-2/h3-4,6-21,23H,2,5,22H2,1H3;4-9H,2H2,1,3H3;1-4H,5-6H2;3*3H2,1-2H3;2*1-2H3/b;6-4-;;;;;;. The van der Waals surface area contributed by atoms with Gasteiger partial charge < -0.3 is 4.42 Å². The highest BCUT2D eigenvalue weighted by atomic mass is 16.3. The van der Waals surface area contributed by atoms with Crippen molar-refractivity contribution in [3.05, 3.63) is 215 Å². The summed E-state index contributed by atoms with van der Waals surface area (Å²) in [5, 5.41) is 1.15. The topological polar surface area (TPSA) is 13.1 Å². The first kappa shape index (κ1) is 57.2. The van der Waals surface area contributed by atoms with Gasteiger partial charge in [-0.05, 0) is 121 Å². The SMILES string of the molecule is C1=CCCC=C1.C=Cc1oc2cc(C)ccc2c1/C=C\C.CC.CC.CC1(c2ccccc2)c2ccccc2-c2c(-c3cccc(CC4=CCCC=C4)c3)cccc21.CCC.CCC.CCC. The minimum absolute atomic E-state index is 0.154. The van der Waals surface area contributed by atoms with Gasteiger partial charge in [0.25, 0.3) is 0 Å². The second-order valence-electron chi connectivity index (χ2n) is 16.5. The van der Waals surface area contributed by atoms with Gasteiger partial charge in [0.2, 0.25) is 0 Å². The predicted octanol–water partition coefficient (Wildman–Crippen LogP) is 21.1. The number of aryl methyl sites for hydroxylation is 1. The zero-order chi connectivity index (χ0) is 49.5. The Bertz CT molecular complexity index is 2440. The van der Waals surface area contributed by atoms with E-state index >= 15 is 0 Å². The van der Waals surface area contributed by atoms with Gasteiger partial charge in [0.05, 0.1) is 0 Å². The molecule has 356 valence electrons. The van der Waals surface area contributed by atoms with Gasteiger partial charge in [0.15, 0.2) is 0 Å². The summed E-state index contributed by atoms with van der Waals surface area (Å²) in [7, 11) is 0. The van der Waals surface area contributed by atoms with Crippen LogP contribution in [0.25, 0.3) is 45.4 Å². The molecule has 1 nitrogen and oxygen atoms in total. The first-order valence-electron chi connectivity index (χ1n) is 25.6. The summed E-state index contributed by atoms with van der Waals surface area (Å²) in [4.78, 5) is 0. The average molecular weight is 895 g/mol. The number of fused-ring (bicyclic) bond motifs is 4. The summed E-state index contributed by atoms with van der Waals surface area (Å²) in [6.07, 6.45) is 30.9. The molecule has 1 heteroatoms. The van der Waals surface area contributed by atoms with E-state index in [1.165, 1.54) is 94.2 Å². The van der Waals surface area contributed by atoms with Crippen LogP contribution in [0.3, 0.4) is 0 Å². The lowest BCUT2D eigenvalue weighted by Gasteiger charge is -2.28. The third-order valence-corrected chi connectivity index (χ3v) is 10.7. The first-order chi connectivity index (χ1) is 32.7. The van der Waals surface area contributed by atoms with E-state index in [4.69, 9.17) is 4.42 Å². The molecule has 9 rings (SSSR count). The Morgan fingerprint density at radius 3 is 1.79 bits per heavy atom. The molecule has 6 aromatic rings. The number of rotatable bonds is 6. The van der Waals surface area contributed by atoms with Gasteiger partial charge in [-0.1, -0.05) is 259 Å². The van der Waals surface area contributed by atoms with Crippen LogP contribution < -0.4 is 0 Å². The van der Waals surface area contributed by atoms with E-state index in [1.54, 1.807) is 6.08 Å². The molecule has 1 heterocycles. The number of furan rings is 1. The van der Waals surface area contributed by atoms with Gasteiger partial charge in [0, 0.05) is 16.4 Å². The van der Waals surface area contributed by atoms with Crippen LogP contribution >= 0.6 is 0 Å². The lowest BCUT2D eigenvalue weighted by atomic mass is 9.74. The van der Waals surface area contributed by atoms with Crippen LogP contribution in [-0.2, 0) is 11.8 Å². The fourth-order valence-corrected chi connectivity index (χ4v) is 8.02. The largest absolute Gasteiger partial charge is 0.456 e. The molecule has 3 aliphatic carbocycles. The zero-order valence-electron chi connectivity index (χ0n) is 44.0. The van der Waals surface area contributed by atoms with Crippen molar-refractivity contribution in [3.63, 3.8) is 0 Å². The number of hydrogen-bond donors (Lipinski definition) is 0. The van der Waals surface area contributed by atoms with Crippen molar-refractivity contribution < 1.29 is 4.42 Å². The van der Waals surface area contributed by atoms with Gasteiger partial charge in [-0.15, -0.1) is 0 Å². The lowest BCUT2D eigenvalue weighted by Crippen LogP contribution is -2.22. The van der Waals surface area contributed by atoms with Gasteiger partial charge in [0.1, 0.15) is 11.3 Å². The Balaban J connectivity index is 0.000000374. The minimum atomic E-state index is -0.154. The van der Waals surface area contributed by atoms with Crippen LogP contribution in [0.1, 0.15) is 167 Å². The van der Waals surface area contributed by atoms with E-state index < -0.39 is 0 Å². The first-order valence-corrected chi connectivity index (χ1v) is 25.6. The molecule has 1 unspecified atom stereocenters. The van der Waals surface area contributed by atoms with Crippen molar-refractivity contribution in [3.8, 4) is 22.3 Å². The Kier molecular flexibility index (Phi) is 27.9. The average Bonchev–Trinajstić information content (AvgIpc) is 3.86. The van der Waals surface area contributed by atoms with Crippen molar-refractivity contribution in [2.24, 2.45) is 0 Å². The summed E-state index contributed by atoms with van der Waals surface area (Å²) in [5.74, 6) is 0.841. The number of hydrogen-bond acceptors (Lipinski definition) is 1. The van der Waals surface area contributed by atoms with Crippen LogP contribution in [0, 0.1) is 6.92 Å². The molecule has 1 atom stereocenters. The van der Waals surface area contributed by atoms with Crippen molar-refractivity contribution in [1.29, 1.82) is 0 Å². The number of benzene rings is 5. The summed E-state index contributed by atoms with van der Waals surface area (Å²) in [6, 6.07) is 42.2. The molecule has 67 heavy (non-hydrogen) atoms. The zero-order valence-corrected chi connectivity index (χ0v) is 44.0. The van der Waals surface area contributed by atoms with Crippen LogP contribution in [0.2, 0.25) is 0 Å². The van der Waals surface area contributed by atoms with Gasteiger partial charge in [-0.3, -0.25) is 0 Å². The Hall–Kier alpha value is -5.92. The molecule has 0 saturated heterocycles. The molecule has 5 aromatic carbocycles. The van der Waals surface area contributed by atoms with E-state index in [0.29, 0.717) is 0 Å². The number of allylic oxidation sites excluding steroid dienone is 9. The fraction of sp³-hybridized carbons (Fsp3) is 0.333. The molecule has 0 spiro atoms. The normalized spacial score (nSPS) is 14.3. The Morgan fingerprint density at radius 2 is 1.21 bits per heavy atom. The summed E-state index contributed by atoms with van der Waals surface area (Å²) in [5.41, 5.74) is 15.4. The van der Waals surface area contributed by atoms with Gasteiger partial charge in [-0.25, -0.2) is 0 Å². The summed E-state index contributed by atoms with van der Waals surface area (Å²) < 4.78 is 5.71. The molecule has 0 amide bonds. The maximum absolute atomic E-state index is 5.71. The van der Waals surface area contributed by atoms with E-state index in [0.717, 1.165) is 35.1 Å². The molecule has 0 aliphatic heterocycles. The highest BCUT2D eigenvalue weighted by Gasteiger charge is 2.41. The minimum Gasteiger partial charge on any atom is -0.456 e. The third kappa shape index (κ3) is 16.4. The molecule has 0 radical (unpaired) electrons. The Labute approximate surface area is 409 Å². The van der Waals surface area contributed by atoms with E-state index in [9.17, 15) is 0 Å². The highest BCUT2D eigenvalue weighted by molar-refractivity contribution is 5.94. The van der Waals surface area contributed by atoms with Gasteiger partial charge >= 0.3 is 0 Å². The van der Waals surface area contributed by atoms with Crippen molar-refractivity contribution in [1.82, 2.24) is 0 Å². The van der Waals surface area contributed by atoms with Crippen molar-refractivity contribution >= 4 is 23.1 Å². The predicted molar refractivity (Wildman–Crippen MR) is 303 cm³/mol. The summed E-state index contributed by atoms with van der Waals surface area (Å²) >= 11 is 0. The van der Waals surface area contributed by atoms with Crippen molar-refractivity contribution in [2.45, 2.75) is 147 Å². The molecular formula is C66H86O. The molecule has 3 aliphatic rings. The smallest absolute Gasteiger partial charge is 0.135 e. The monoisotopic (exact) mass is 895 g/mol. The van der Waals surface area contributed by atoms with Crippen LogP contribution in [0.4, 0.5) is 0 Å². The maximum atomic E-state index is 5.71. The molecule has 0 bridgehead atoms. The molecule has 0 fully saturated rings. The fourth-order valence-electron chi connectivity index (χ4n) is 8.02. The van der Waals surface area contributed by atoms with E-state index in [2.05, 4.69) is 226 Å². The highest BCUT2D eigenvalue weighted by Crippen LogP contribution is 2.55. The quantitative estimate of drug-likeness (QED) is 0.162. The third-order valence-electron chi connectivity index (χ3n) is 10.7. The van der Waals surface area contributed by atoms with Crippen LogP contribution in [0.15, 0.2) is 180 Å². The lowest BCUT2D eigenvalue weighted by molar-refractivity contribution is 0.603. The second-order valence-corrected chi connectivity index (χ2v) is 16.5. The second kappa shape index (κ2) is 32.7. The maximum Gasteiger partial charge on any atom is 0.135 e. The van der Waals surface area contributed by atoms with Crippen LogP contribution in [-0.4, -0.2) is 0 Å².